The normalized spacial score (nSPS) is 10.8. The van der Waals surface area contributed by atoms with Gasteiger partial charge in [-0.15, -0.1) is 0 Å². The number of H-pyrrole nitrogens is 1. The summed E-state index contributed by atoms with van der Waals surface area (Å²) < 4.78 is 0. The van der Waals surface area contributed by atoms with Crippen LogP contribution in [0.15, 0.2) is 42.5 Å². The summed E-state index contributed by atoms with van der Waals surface area (Å²) in [5.74, 6) is 0.492. The van der Waals surface area contributed by atoms with Crippen molar-refractivity contribution in [3.05, 3.63) is 58.6 Å². The van der Waals surface area contributed by atoms with Gasteiger partial charge in [-0.3, -0.25) is 5.10 Å². The van der Waals surface area contributed by atoms with Crippen LogP contribution in [0.2, 0.25) is 5.02 Å². The number of aromatic nitrogens is 2. The first-order chi connectivity index (χ1) is 10.0. The van der Waals surface area contributed by atoms with Gasteiger partial charge in [-0.25, -0.2) is 0 Å². The Labute approximate surface area is 128 Å². The third-order valence-electron chi connectivity index (χ3n) is 3.47. The number of nitrogens with two attached hydrogens (primary N) is 1. The molecule has 3 aromatic rings. The second-order valence-electron chi connectivity index (χ2n) is 5.24. The Morgan fingerprint density at radius 3 is 2.33 bits per heavy atom. The van der Waals surface area contributed by atoms with Crippen LogP contribution in [0.5, 0.6) is 0 Å². The van der Waals surface area contributed by atoms with E-state index in [-0.39, 0.29) is 0 Å². The smallest absolute Gasteiger partial charge is 0.153 e. The summed E-state index contributed by atoms with van der Waals surface area (Å²) in [5.41, 5.74) is 12.2. The number of nitrogens with one attached hydrogen (secondary N) is 1. The van der Waals surface area contributed by atoms with Gasteiger partial charge in [0.2, 0.25) is 0 Å². The molecule has 0 unspecified atom stereocenters. The monoisotopic (exact) mass is 297 g/mol. The number of halogens is 1. The van der Waals surface area contributed by atoms with Gasteiger partial charge in [0.15, 0.2) is 5.82 Å². The van der Waals surface area contributed by atoms with Gasteiger partial charge in [-0.2, -0.15) is 5.10 Å². The molecule has 0 radical (unpaired) electrons. The van der Waals surface area contributed by atoms with Gasteiger partial charge < -0.3 is 5.73 Å². The minimum absolute atomic E-state index is 0.492. The zero-order valence-electron chi connectivity index (χ0n) is 11.9. The SMILES string of the molecule is Cc1ccc(-c2c(N)n[nH]c2-c2cc(C)cc(Cl)c2)cc1. The zero-order chi connectivity index (χ0) is 15.0. The molecule has 0 atom stereocenters. The van der Waals surface area contributed by atoms with Gasteiger partial charge in [0.25, 0.3) is 0 Å². The van der Waals surface area contributed by atoms with Gasteiger partial charge in [-0.1, -0.05) is 41.4 Å². The summed E-state index contributed by atoms with van der Waals surface area (Å²) in [4.78, 5) is 0. The van der Waals surface area contributed by atoms with Crippen molar-refractivity contribution < 1.29 is 0 Å². The number of nitrogens with zero attached hydrogens (tertiary/aromatic N) is 1. The lowest BCUT2D eigenvalue weighted by Gasteiger charge is -2.07. The Morgan fingerprint density at radius 1 is 0.952 bits per heavy atom. The molecule has 0 amide bonds. The van der Waals surface area contributed by atoms with E-state index in [0.29, 0.717) is 10.8 Å². The maximum atomic E-state index is 6.16. The maximum Gasteiger partial charge on any atom is 0.153 e. The molecule has 106 valence electrons. The number of benzene rings is 2. The molecule has 0 fully saturated rings. The van der Waals surface area contributed by atoms with Crippen molar-refractivity contribution >= 4 is 17.4 Å². The van der Waals surface area contributed by atoms with Crippen LogP contribution in [0.4, 0.5) is 5.82 Å². The van der Waals surface area contributed by atoms with Gasteiger partial charge in [0.1, 0.15) is 0 Å². The lowest BCUT2D eigenvalue weighted by atomic mass is 9.99. The van der Waals surface area contributed by atoms with Crippen LogP contribution in [0, 0.1) is 13.8 Å². The molecule has 3 nitrogen and oxygen atoms in total. The van der Waals surface area contributed by atoms with Crippen LogP contribution in [0.1, 0.15) is 11.1 Å². The first kappa shape index (κ1) is 13.7. The van der Waals surface area contributed by atoms with E-state index in [0.717, 1.165) is 27.9 Å². The third kappa shape index (κ3) is 2.65. The number of hydrogen-bond donors (Lipinski definition) is 2. The summed E-state index contributed by atoms with van der Waals surface area (Å²) in [6.45, 7) is 4.07. The summed E-state index contributed by atoms with van der Waals surface area (Å²) in [7, 11) is 0. The molecule has 0 saturated carbocycles. The zero-order valence-corrected chi connectivity index (χ0v) is 12.7. The highest BCUT2D eigenvalue weighted by atomic mass is 35.5. The number of anilines is 1. The Balaban J connectivity index is 2.19. The van der Waals surface area contributed by atoms with Crippen molar-refractivity contribution in [1.29, 1.82) is 0 Å². The molecule has 0 aliphatic heterocycles. The highest BCUT2D eigenvalue weighted by Gasteiger charge is 2.15. The van der Waals surface area contributed by atoms with E-state index < -0.39 is 0 Å². The Morgan fingerprint density at radius 2 is 1.67 bits per heavy atom. The summed E-state index contributed by atoms with van der Waals surface area (Å²) in [6.07, 6.45) is 0. The summed E-state index contributed by atoms with van der Waals surface area (Å²) in [6, 6.07) is 14.1. The van der Waals surface area contributed by atoms with Crippen molar-refractivity contribution in [3.8, 4) is 22.4 Å². The standard InChI is InChI=1S/C17H16ClN3/c1-10-3-5-12(6-4-10)15-16(20-21-17(15)19)13-7-11(2)8-14(18)9-13/h3-9H,1-2H3,(H3,19,20,21). The van der Waals surface area contributed by atoms with Crippen molar-refractivity contribution in [2.45, 2.75) is 13.8 Å². The Bertz CT molecular complexity index is 768. The average Bonchev–Trinajstić information content (AvgIpc) is 2.80. The van der Waals surface area contributed by atoms with Crippen LogP contribution in [-0.4, -0.2) is 10.2 Å². The molecular formula is C17H16ClN3. The topological polar surface area (TPSA) is 54.7 Å². The number of hydrogen-bond acceptors (Lipinski definition) is 2. The first-order valence-corrected chi connectivity index (χ1v) is 7.11. The van der Waals surface area contributed by atoms with E-state index in [1.54, 1.807) is 0 Å². The number of aromatic amines is 1. The fraction of sp³-hybridized carbons (Fsp3) is 0.118. The lowest BCUT2D eigenvalue weighted by Crippen LogP contribution is -1.89. The summed E-state index contributed by atoms with van der Waals surface area (Å²) >= 11 is 6.16. The maximum absolute atomic E-state index is 6.16. The van der Waals surface area contributed by atoms with E-state index in [9.17, 15) is 0 Å². The molecule has 0 bridgehead atoms. The molecule has 4 heteroatoms. The molecule has 0 spiro atoms. The fourth-order valence-corrected chi connectivity index (χ4v) is 2.75. The number of nitrogen functional groups attached to an aromatic ring is 1. The number of rotatable bonds is 2. The highest BCUT2D eigenvalue weighted by molar-refractivity contribution is 6.31. The Hall–Kier alpha value is -2.26. The molecule has 0 aliphatic carbocycles. The molecule has 2 aromatic carbocycles. The molecule has 3 N–H and O–H groups in total. The lowest BCUT2D eigenvalue weighted by molar-refractivity contribution is 1.10. The first-order valence-electron chi connectivity index (χ1n) is 6.73. The van der Waals surface area contributed by atoms with Crippen LogP contribution >= 0.6 is 11.6 Å². The van der Waals surface area contributed by atoms with Gasteiger partial charge >= 0.3 is 0 Å². The highest BCUT2D eigenvalue weighted by Crippen LogP contribution is 2.36. The number of aryl methyl sites for hydroxylation is 2. The molecule has 3 rings (SSSR count). The van der Waals surface area contributed by atoms with Crippen LogP contribution in [0.3, 0.4) is 0 Å². The second-order valence-corrected chi connectivity index (χ2v) is 5.68. The minimum atomic E-state index is 0.492. The Kier molecular flexibility index (Phi) is 3.43. The third-order valence-corrected chi connectivity index (χ3v) is 3.68. The van der Waals surface area contributed by atoms with Crippen molar-refractivity contribution in [2.24, 2.45) is 0 Å². The van der Waals surface area contributed by atoms with Crippen LogP contribution in [0.25, 0.3) is 22.4 Å². The van der Waals surface area contributed by atoms with Gasteiger partial charge in [0.05, 0.1) is 11.3 Å². The minimum Gasteiger partial charge on any atom is -0.382 e. The summed E-state index contributed by atoms with van der Waals surface area (Å²) in [5, 5.41) is 7.89. The van der Waals surface area contributed by atoms with E-state index in [4.69, 9.17) is 17.3 Å². The van der Waals surface area contributed by atoms with Crippen LogP contribution < -0.4 is 5.73 Å². The molecule has 0 aliphatic rings. The van der Waals surface area contributed by atoms with Crippen LogP contribution in [-0.2, 0) is 0 Å². The molecule has 1 aromatic heterocycles. The molecule has 0 saturated heterocycles. The van der Waals surface area contributed by atoms with E-state index in [1.165, 1.54) is 5.56 Å². The fourth-order valence-electron chi connectivity index (χ4n) is 2.46. The largest absolute Gasteiger partial charge is 0.382 e. The van der Waals surface area contributed by atoms with Crippen molar-refractivity contribution in [1.82, 2.24) is 10.2 Å². The van der Waals surface area contributed by atoms with E-state index in [2.05, 4.69) is 47.5 Å². The predicted molar refractivity (Wildman–Crippen MR) is 88.4 cm³/mol. The van der Waals surface area contributed by atoms with Crippen molar-refractivity contribution in [2.75, 3.05) is 5.73 Å². The van der Waals surface area contributed by atoms with E-state index >= 15 is 0 Å². The van der Waals surface area contributed by atoms with Gasteiger partial charge in [0, 0.05) is 10.6 Å². The van der Waals surface area contributed by atoms with Gasteiger partial charge in [-0.05, 0) is 43.2 Å². The molecule has 1 heterocycles. The second kappa shape index (κ2) is 5.26. The van der Waals surface area contributed by atoms with Crippen molar-refractivity contribution in [3.63, 3.8) is 0 Å². The van der Waals surface area contributed by atoms with E-state index in [1.807, 2.05) is 19.1 Å². The average molecular weight is 298 g/mol. The molecule has 21 heavy (non-hydrogen) atoms. The quantitative estimate of drug-likeness (QED) is 0.726. The predicted octanol–water partition coefficient (Wildman–Crippen LogP) is 4.60. The molecular weight excluding hydrogens is 282 g/mol.